The molecular formula is C12H13BrN2O. The van der Waals surface area contributed by atoms with Crippen molar-refractivity contribution >= 4 is 32.5 Å². The van der Waals surface area contributed by atoms with E-state index in [0.29, 0.717) is 6.61 Å². The lowest BCUT2D eigenvalue weighted by molar-refractivity contribution is 0.182. The molecule has 0 saturated carbocycles. The van der Waals surface area contributed by atoms with Gasteiger partial charge in [0.1, 0.15) is 0 Å². The summed E-state index contributed by atoms with van der Waals surface area (Å²) in [6.07, 6.45) is 0. The summed E-state index contributed by atoms with van der Waals surface area (Å²) in [5.74, 6) is 0. The molecule has 0 spiro atoms. The number of ether oxygens (including phenoxy) is 1. The standard InChI is InChI=1S/C12H13BrN2O/c1-14-11-6-8(7-16-2)15-12-9(11)4-3-5-10(12)13/h3-6H,7H2,1-2H3,(H,14,15). The third-order valence-electron chi connectivity index (χ3n) is 2.40. The summed E-state index contributed by atoms with van der Waals surface area (Å²) in [5, 5.41) is 4.29. The van der Waals surface area contributed by atoms with Gasteiger partial charge in [-0.2, -0.15) is 0 Å². The Morgan fingerprint density at radius 2 is 2.25 bits per heavy atom. The van der Waals surface area contributed by atoms with E-state index in [4.69, 9.17) is 4.74 Å². The van der Waals surface area contributed by atoms with Crippen LogP contribution in [0.4, 0.5) is 5.69 Å². The molecule has 1 N–H and O–H groups in total. The van der Waals surface area contributed by atoms with Gasteiger partial charge in [0.15, 0.2) is 0 Å². The van der Waals surface area contributed by atoms with E-state index in [1.54, 1.807) is 7.11 Å². The number of halogens is 1. The number of nitrogens with zero attached hydrogens (tertiary/aromatic N) is 1. The molecule has 0 radical (unpaired) electrons. The Bertz CT molecular complexity index is 514. The van der Waals surface area contributed by atoms with Crippen LogP contribution < -0.4 is 5.32 Å². The number of benzene rings is 1. The van der Waals surface area contributed by atoms with Gasteiger partial charge in [-0.1, -0.05) is 12.1 Å². The summed E-state index contributed by atoms with van der Waals surface area (Å²) in [7, 11) is 3.58. The highest BCUT2D eigenvalue weighted by atomic mass is 79.9. The Morgan fingerprint density at radius 3 is 2.94 bits per heavy atom. The van der Waals surface area contributed by atoms with Gasteiger partial charge in [0.25, 0.3) is 0 Å². The predicted molar refractivity (Wildman–Crippen MR) is 69.7 cm³/mol. The molecule has 1 aromatic carbocycles. The van der Waals surface area contributed by atoms with Crippen molar-refractivity contribution in [2.45, 2.75) is 6.61 Å². The van der Waals surface area contributed by atoms with E-state index >= 15 is 0 Å². The van der Waals surface area contributed by atoms with Crippen LogP contribution in [-0.2, 0) is 11.3 Å². The number of para-hydroxylation sites is 1. The Morgan fingerprint density at radius 1 is 1.44 bits per heavy atom. The number of anilines is 1. The monoisotopic (exact) mass is 280 g/mol. The molecule has 2 rings (SSSR count). The Hall–Kier alpha value is -1.13. The zero-order chi connectivity index (χ0) is 11.5. The molecule has 0 bridgehead atoms. The summed E-state index contributed by atoms with van der Waals surface area (Å²) >= 11 is 3.51. The molecule has 0 aliphatic rings. The van der Waals surface area contributed by atoms with Crippen LogP contribution in [0.2, 0.25) is 0 Å². The van der Waals surface area contributed by atoms with Crippen molar-refractivity contribution in [1.82, 2.24) is 4.98 Å². The van der Waals surface area contributed by atoms with Crippen molar-refractivity contribution < 1.29 is 4.74 Å². The lowest BCUT2D eigenvalue weighted by Crippen LogP contribution is -1.98. The van der Waals surface area contributed by atoms with Gasteiger partial charge < -0.3 is 10.1 Å². The van der Waals surface area contributed by atoms with E-state index in [1.807, 2.05) is 25.2 Å². The SMILES string of the molecule is CNc1cc(COC)nc2c(Br)cccc12. The van der Waals surface area contributed by atoms with Gasteiger partial charge in [-0.15, -0.1) is 0 Å². The summed E-state index contributed by atoms with van der Waals surface area (Å²) in [6.45, 7) is 0.520. The van der Waals surface area contributed by atoms with E-state index in [1.165, 1.54) is 0 Å². The second-order valence-electron chi connectivity index (χ2n) is 3.48. The topological polar surface area (TPSA) is 34.1 Å². The fourth-order valence-electron chi connectivity index (χ4n) is 1.70. The first-order chi connectivity index (χ1) is 7.76. The maximum atomic E-state index is 5.11. The van der Waals surface area contributed by atoms with Crippen LogP contribution in [0, 0.1) is 0 Å². The van der Waals surface area contributed by atoms with Crippen molar-refractivity contribution in [3.05, 3.63) is 34.4 Å². The van der Waals surface area contributed by atoms with E-state index < -0.39 is 0 Å². The van der Waals surface area contributed by atoms with E-state index in [-0.39, 0.29) is 0 Å². The Labute approximate surface area is 103 Å². The number of methoxy groups -OCH3 is 1. The van der Waals surface area contributed by atoms with Crippen molar-refractivity contribution in [2.24, 2.45) is 0 Å². The van der Waals surface area contributed by atoms with Crippen LogP contribution in [-0.4, -0.2) is 19.1 Å². The van der Waals surface area contributed by atoms with Crippen LogP contribution in [0.25, 0.3) is 10.9 Å². The minimum atomic E-state index is 0.520. The van der Waals surface area contributed by atoms with Gasteiger partial charge in [-0.05, 0) is 28.1 Å². The van der Waals surface area contributed by atoms with Crippen molar-refractivity contribution in [3.8, 4) is 0 Å². The minimum Gasteiger partial charge on any atom is -0.388 e. The molecule has 0 saturated heterocycles. The highest BCUT2D eigenvalue weighted by Gasteiger charge is 2.06. The number of nitrogens with one attached hydrogen (secondary N) is 1. The highest BCUT2D eigenvalue weighted by Crippen LogP contribution is 2.28. The summed E-state index contributed by atoms with van der Waals surface area (Å²) in [6, 6.07) is 8.06. The maximum absolute atomic E-state index is 5.11. The number of pyridine rings is 1. The summed E-state index contributed by atoms with van der Waals surface area (Å²) < 4.78 is 6.11. The van der Waals surface area contributed by atoms with Crippen LogP contribution in [0.5, 0.6) is 0 Å². The predicted octanol–water partition coefficient (Wildman–Crippen LogP) is 3.19. The lowest BCUT2D eigenvalue weighted by Gasteiger charge is -2.09. The molecule has 3 nitrogen and oxygen atoms in total. The molecular weight excluding hydrogens is 268 g/mol. The van der Waals surface area contributed by atoms with E-state index in [9.17, 15) is 0 Å². The van der Waals surface area contributed by atoms with E-state index in [2.05, 4.69) is 32.3 Å². The molecule has 0 aliphatic carbocycles. The average Bonchev–Trinajstić information content (AvgIpc) is 2.30. The molecule has 1 aromatic heterocycles. The summed E-state index contributed by atoms with van der Waals surface area (Å²) in [5.41, 5.74) is 2.95. The highest BCUT2D eigenvalue weighted by molar-refractivity contribution is 9.10. The number of rotatable bonds is 3. The molecule has 0 amide bonds. The molecule has 1 heterocycles. The minimum absolute atomic E-state index is 0.520. The van der Waals surface area contributed by atoms with Crippen LogP contribution in [0.3, 0.4) is 0 Å². The largest absolute Gasteiger partial charge is 0.388 e. The van der Waals surface area contributed by atoms with Crippen LogP contribution in [0.1, 0.15) is 5.69 Å². The normalized spacial score (nSPS) is 10.7. The van der Waals surface area contributed by atoms with Crippen LogP contribution >= 0.6 is 15.9 Å². The molecule has 0 unspecified atom stereocenters. The molecule has 0 atom stereocenters. The molecule has 16 heavy (non-hydrogen) atoms. The number of hydrogen-bond donors (Lipinski definition) is 1. The molecule has 0 fully saturated rings. The zero-order valence-corrected chi connectivity index (χ0v) is 10.8. The van der Waals surface area contributed by atoms with Gasteiger partial charge in [0.2, 0.25) is 0 Å². The third-order valence-corrected chi connectivity index (χ3v) is 3.04. The third kappa shape index (κ3) is 2.03. The Balaban J connectivity index is 2.69. The number of fused-ring (bicyclic) bond motifs is 1. The van der Waals surface area contributed by atoms with Crippen LogP contribution in [0.15, 0.2) is 28.7 Å². The Kier molecular flexibility index (Phi) is 3.41. The molecule has 84 valence electrons. The van der Waals surface area contributed by atoms with Crippen molar-refractivity contribution in [1.29, 1.82) is 0 Å². The first-order valence-corrected chi connectivity index (χ1v) is 5.80. The first kappa shape index (κ1) is 11.4. The summed E-state index contributed by atoms with van der Waals surface area (Å²) in [4.78, 5) is 4.56. The smallest absolute Gasteiger partial charge is 0.0885 e. The number of aromatic nitrogens is 1. The van der Waals surface area contributed by atoms with Gasteiger partial charge in [0, 0.05) is 29.7 Å². The zero-order valence-electron chi connectivity index (χ0n) is 9.25. The number of hydrogen-bond acceptors (Lipinski definition) is 3. The van der Waals surface area contributed by atoms with E-state index in [0.717, 1.165) is 26.8 Å². The lowest BCUT2D eigenvalue weighted by atomic mass is 10.1. The molecule has 0 aliphatic heterocycles. The first-order valence-electron chi connectivity index (χ1n) is 5.01. The molecule has 4 heteroatoms. The van der Waals surface area contributed by atoms with Gasteiger partial charge >= 0.3 is 0 Å². The fraction of sp³-hybridized carbons (Fsp3) is 0.250. The average molecular weight is 281 g/mol. The van der Waals surface area contributed by atoms with Crippen molar-refractivity contribution in [2.75, 3.05) is 19.5 Å². The van der Waals surface area contributed by atoms with Crippen molar-refractivity contribution in [3.63, 3.8) is 0 Å². The second-order valence-corrected chi connectivity index (χ2v) is 4.33. The van der Waals surface area contributed by atoms with Gasteiger partial charge in [-0.3, -0.25) is 0 Å². The maximum Gasteiger partial charge on any atom is 0.0885 e. The van der Waals surface area contributed by atoms with Gasteiger partial charge in [-0.25, -0.2) is 4.98 Å². The second kappa shape index (κ2) is 4.80. The fourth-order valence-corrected chi connectivity index (χ4v) is 2.15. The quantitative estimate of drug-likeness (QED) is 0.938. The van der Waals surface area contributed by atoms with Gasteiger partial charge in [0.05, 0.1) is 17.8 Å². The molecule has 2 aromatic rings.